The molecule has 5 nitrogen and oxygen atoms in total. The molecule has 1 heterocycles. The number of anilines is 1. The van der Waals surface area contributed by atoms with E-state index in [1.807, 2.05) is 48.5 Å². The Labute approximate surface area is 146 Å². The number of nitrogens with one attached hydrogen (secondary N) is 2. The molecule has 0 aliphatic carbocycles. The number of rotatable bonds is 5. The van der Waals surface area contributed by atoms with Crippen LogP contribution in [-0.2, 0) is 9.53 Å². The van der Waals surface area contributed by atoms with E-state index in [1.165, 1.54) is 0 Å². The number of aromatic amines is 1. The Kier molecular flexibility index (Phi) is 4.84. The maximum absolute atomic E-state index is 12.2. The first kappa shape index (κ1) is 16.8. The molecule has 3 aromatic rings. The number of H-pyrrole nitrogens is 1. The van der Waals surface area contributed by atoms with Crippen molar-refractivity contribution in [2.24, 2.45) is 0 Å². The largest absolute Gasteiger partial charge is 0.452 e. The van der Waals surface area contributed by atoms with Crippen LogP contribution in [-0.4, -0.2) is 23.5 Å². The molecule has 0 fully saturated rings. The van der Waals surface area contributed by atoms with Crippen molar-refractivity contribution >= 4 is 28.5 Å². The standard InChI is InChI=1S/C20H20N2O3/c1-13(2)14-7-3-6-10-18(14)22-19(23)12-25-20(24)16-11-21-17-9-5-4-8-15(16)17/h3-11,13,21H,12H2,1-2H3,(H,22,23). The Morgan fingerprint density at radius 1 is 1.08 bits per heavy atom. The topological polar surface area (TPSA) is 71.2 Å². The van der Waals surface area contributed by atoms with Crippen LogP contribution in [0.1, 0.15) is 35.7 Å². The van der Waals surface area contributed by atoms with E-state index in [2.05, 4.69) is 24.1 Å². The lowest BCUT2D eigenvalue weighted by Gasteiger charge is -2.13. The van der Waals surface area contributed by atoms with Gasteiger partial charge in [-0.2, -0.15) is 0 Å². The number of esters is 1. The van der Waals surface area contributed by atoms with Crippen molar-refractivity contribution in [3.63, 3.8) is 0 Å². The summed E-state index contributed by atoms with van der Waals surface area (Å²) in [4.78, 5) is 27.4. The van der Waals surface area contributed by atoms with Gasteiger partial charge in [0.1, 0.15) is 0 Å². The normalized spacial score (nSPS) is 10.8. The van der Waals surface area contributed by atoms with Gasteiger partial charge < -0.3 is 15.0 Å². The van der Waals surface area contributed by atoms with Crippen molar-refractivity contribution in [2.45, 2.75) is 19.8 Å². The lowest BCUT2D eigenvalue weighted by atomic mass is 10.0. The molecule has 0 saturated heterocycles. The molecule has 5 heteroatoms. The van der Waals surface area contributed by atoms with Gasteiger partial charge in [0.15, 0.2) is 6.61 Å². The second-order valence-corrected chi connectivity index (χ2v) is 6.11. The quantitative estimate of drug-likeness (QED) is 0.690. The third kappa shape index (κ3) is 3.71. The third-order valence-electron chi connectivity index (χ3n) is 4.00. The van der Waals surface area contributed by atoms with Crippen LogP contribution in [0.5, 0.6) is 0 Å². The SMILES string of the molecule is CC(C)c1ccccc1NC(=O)COC(=O)c1c[nH]c2ccccc12. The van der Waals surface area contributed by atoms with Crippen LogP contribution in [0.2, 0.25) is 0 Å². The number of hydrogen-bond donors (Lipinski definition) is 2. The first-order valence-corrected chi connectivity index (χ1v) is 8.18. The van der Waals surface area contributed by atoms with Crippen LogP contribution >= 0.6 is 0 Å². The molecule has 0 atom stereocenters. The molecule has 0 unspecified atom stereocenters. The number of para-hydroxylation sites is 2. The first-order chi connectivity index (χ1) is 12.1. The molecule has 25 heavy (non-hydrogen) atoms. The van der Waals surface area contributed by atoms with Gasteiger partial charge in [0.05, 0.1) is 5.56 Å². The summed E-state index contributed by atoms with van der Waals surface area (Å²) in [5.74, 6) is -0.601. The van der Waals surface area contributed by atoms with E-state index in [9.17, 15) is 9.59 Å². The maximum Gasteiger partial charge on any atom is 0.340 e. The fourth-order valence-electron chi connectivity index (χ4n) is 2.75. The van der Waals surface area contributed by atoms with Crippen LogP contribution < -0.4 is 5.32 Å². The highest BCUT2D eigenvalue weighted by Gasteiger charge is 2.15. The zero-order valence-electron chi connectivity index (χ0n) is 14.2. The zero-order chi connectivity index (χ0) is 17.8. The van der Waals surface area contributed by atoms with E-state index in [1.54, 1.807) is 6.20 Å². The van der Waals surface area contributed by atoms with Crippen molar-refractivity contribution in [3.05, 3.63) is 65.9 Å². The highest BCUT2D eigenvalue weighted by Crippen LogP contribution is 2.23. The summed E-state index contributed by atoms with van der Waals surface area (Å²) in [6.45, 7) is 3.79. The average molecular weight is 336 g/mol. The second kappa shape index (κ2) is 7.21. The van der Waals surface area contributed by atoms with Gasteiger partial charge in [-0.15, -0.1) is 0 Å². The minimum absolute atomic E-state index is 0.283. The Hall–Kier alpha value is -3.08. The summed E-state index contributed by atoms with van der Waals surface area (Å²) in [7, 11) is 0. The number of hydrogen-bond acceptors (Lipinski definition) is 3. The van der Waals surface area contributed by atoms with Crippen molar-refractivity contribution in [2.75, 3.05) is 11.9 Å². The summed E-state index contributed by atoms with van der Waals surface area (Å²) in [6, 6.07) is 15.0. The molecule has 0 aliphatic heterocycles. The lowest BCUT2D eigenvalue weighted by Crippen LogP contribution is -2.21. The molecule has 1 aromatic heterocycles. The monoisotopic (exact) mass is 336 g/mol. The van der Waals surface area contributed by atoms with Crippen molar-refractivity contribution in [1.29, 1.82) is 0 Å². The smallest absolute Gasteiger partial charge is 0.340 e. The van der Waals surface area contributed by atoms with Gasteiger partial charge in [0.25, 0.3) is 5.91 Å². The van der Waals surface area contributed by atoms with E-state index in [-0.39, 0.29) is 18.4 Å². The van der Waals surface area contributed by atoms with Gasteiger partial charge in [-0.25, -0.2) is 4.79 Å². The van der Waals surface area contributed by atoms with Crippen molar-refractivity contribution in [1.82, 2.24) is 4.98 Å². The van der Waals surface area contributed by atoms with Gasteiger partial charge in [-0.3, -0.25) is 4.79 Å². The van der Waals surface area contributed by atoms with E-state index in [4.69, 9.17) is 4.74 Å². The lowest BCUT2D eigenvalue weighted by molar-refractivity contribution is -0.119. The molecule has 0 bridgehead atoms. The maximum atomic E-state index is 12.2. The summed E-state index contributed by atoms with van der Waals surface area (Å²) in [5.41, 5.74) is 3.06. The average Bonchev–Trinajstić information content (AvgIpc) is 3.04. The predicted molar refractivity (Wildman–Crippen MR) is 97.7 cm³/mol. The van der Waals surface area contributed by atoms with E-state index >= 15 is 0 Å². The molecule has 0 aliphatic rings. The Morgan fingerprint density at radius 2 is 1.80 bits per heavy atom. The van der Waals surface area contributed by atoms with Crippen LogP contribution in [0.4, 0.5) is 5.69 Å². The van der Waals surface area contributed by atoms with Gasteiger partial charge in [0, 0.05) is 22.8 Å². The van der Waals surface area contributed by atoms with Crippen molar-refractivity contribution in [3.8, 4) is 0 Å². The second-order valence-electron chi connectivity index (χ2n) is 6.11. The minimum atomic E-state index is -0.523. The number of amides is 1. The molecule has 2 aromatic carbocycles. The number of carbonyl (C=O) groups is 2. The first-order valence-electron chi connectivity index (χ1n) is 8.18. The summed E-state index contributed by atoms with van der Waals surface area (Å²) < 4.78 is 5.16. The van der Waals surface area contributed by atoms with Crippen LogP contribution in [0.25, 0.3) is 10.9 Å². The molecule has 1 amide bonds. The third-order valence-corrected chi connectivity index (χ3v) is 4.00. The minimum Gasteiger partial charge on any atom is -0.452 e. The molecular formula is C20H20N2O3. The fraction of sp³-hybridized carbons (Fsp3) is 0.200. The molecule has 128 valence electrons. The van der Waals surface area contributed by atoms with E-state index in [0.29, 0.717) is 5.56 Å². The summed E-state index contributed by atoms with van der Waals surface area (Å²) in [5, 5.41) is 3.58. The predicted octanol–water partition coefficient (Wildman–Crippen LogP) is 4.09. The zero-order valence-corrected chi connectivity index (χ0v) is 14.2. The van der Waals surface area contributed by atoms with Gasteiger partial charge in [-0.1, -0.05) is 50.2 Å². The number of ether oxygens (including phenoxy) is 1. The number of fused-ring (bicyclic) bond motifs is 1. The molecular weight excluding hydrogens is 316 g/mol. The number of benzene rings is 2. The summed E-state index contributed by atoms with van der Waals surface area (Å²) in [6.07, 6.45) is 1.60. The molecule has 0 saturated carbocycles. The molecule has 0 radical (unpaired) electrons. The highest BCUT2D eigenvalue weighted by atomic mass is 16.5. The van der Waals surface area contributed by atoms with Crippen LogP contribution in [0, 0.1) is 0 Å². The fourth-order valence-corrected chi connectivity index (χ4v) is 2.75. The Morgan fingerprint density at radius 3 is 2.60 bits per heavy atom. The number of aromatic nitrogens is 1. The van der Waals surface area contributed by atoms with E-state index < -0.39 is 5.97 Å². The van der Waals surface area contributed by atoms with Crippen LogP contribution in [0.3, 0.4) is 0 Å². The van der Waals surface area contributed by atoms with Crippen LogP contribution in [0.15, 0.2) is 54.7 Å². The molecule has 3 rings (SSSR count). The Balaban J connectivity index is 1.64. The number of carbonyl (C=O) groups excluding carboxylic acids is 2. The van der Waals surface area contributed by atoms with Crippen molar-refractivity contribution < 1.29 is 14.3 Å². The van der Waals surface area contributed by atoms with Gasteiger partial charge in [-0.05, 0) is 23.6 Å². The molecule has 2 N–H and O–H groups in total. The van der Waals surface area contributed by atoms with Gasteiger partial charge >= 0.3 is 5.97 Å². The highest BCUT2D eigenvalue weighted by molar-refractivity contribution is 6.05. The molecule has 0 spiro atoms. The van der Waals surface area contributed by atoms with Gasteiger partial charge in [0.2, 0.25) is 0 Å². The Bertz CT molecular complexity index is 912. The summed E-state index contributed by atoms with van der Waals surface area (Å²) >= 11 is 0. The van der Waals surface area contributed by atoms with E-state index in [0.717, 1.165) is 22.2 Å².